The molecule has 2 aromatic rings. The van der Waals surface area contributed by atoms with Crippen LogP contribution in [0.3, 0.4) is 0 Å². The van der Waals surface area contributed by atoms with Gasteiger partial charge in [-0.2, -0.15) is 0 Å². The first-order chi connectivity index (χ1) is 13.4. The van der Waals surface area contributed by atoms with Crippen LogP contribution in [0.2, 0.25) is 0 Å². The van der Waals surface area contributed by atoms with Crippen LogP contribution in [0.1, 0.15) is 50.7 Å². The first-order valence-electron chi connectivity index (χ1n) is 9.58. The van der Waals surface area contributed by atoms with Gasteiger partial charge < -0.3 is 19.6 Å². The topological polar surface area (TPSA) is 106 Å². The summed E-state index contributed by atoms with van der Waals surface area (Å²) in [6.07, 6.45) is 3.59. The Labute approximate surface area is 163 Å². The van der Waals surface area contributed by atoms with Crippen LogP contribution in [0.25, 0.3) is 11.0 Å². The summed E-state index contributed by atoms with van der Waals surface area (Å²) in [4.78, 5) is 35.2. The summed E-state index contributed by atoms with van der Waals surface area (Å²) in [5.74, 6) is -1.15. The molecule has 1 heterocycles. The van der Waals surface area contributed by atoms with Crippen LogP contribution >= 0.6 is 0 Å². The van der Waals surface area contributed by atoms with Crippen molar-refractivity contribution in [2.75, 3.05) is 6.61 Å². The minimum Gasteiger partial charge on any atom is -0.483 e. The van der Waals surface area contributed by atoms with E-state index in [2.05, 4.69) is 5.32 Å². The lowest BCUT2D eigenvalue weighted by atomic mass is 10.0. The van der Waals surface area contributed by atoms with Crippen molar-refractivity contribution in [3.63, 3.8) is 0 Å². The summed E-state index contributed by atoms with van der Waals surface area (Å²) < 4.78 is 10.9. The molecule has 0 radical (unpaired) electrons. The number of fused-ring (bicyclic) bond motifs is 1. The number of carbonyl (C=O) groups excluding carboxylic acids is 1. The molecular formula is C21H27NO6. The monoisotopic (exact) mass is 389 g/mol. The quantitative estimate of drug-likeness (QED) is 0.605. The predicted molar refractivity (Wildman–Crippen MR) is 106 cm³/mol. The van der Waals surface area contributed by atoms with Crippen LogP contribution in [0.4, 0.5) is 0 Å². The molecule has 152 valence electrons. The summed E-state index contributed by atoms with van der Waals surface area (Å²) in [5, 5.41) is 12.5. The Morgan fingerprint density at radius 3 is 2.64 bits per heavy atom. The Hall–Kier alpha value is -2.83. The van der Waals surface area contributed by atoms with Gasteiger partial charge in [0.15, 0.2) is 6.61 Å². The first kappa shape index (κ1) is 21.5. The van der Waals surface area contributed by atoms with Gasteiger partial charge in [-0.15, -0.1) is 0 Å². The highest BCUT2D eigenvalue weighted by atomic mass is 16.5. The van der Waals surface area contributed by atoms with Crippen LogP contribution in [0.15, 0.2) is 27.4 Å². The van der Waals surface area contributed by atoms with Gasteiger partial charge in [0.2, 0.25) is 0 Å². The number of hydrogen-bond acceptors (Lipinski definition) is 5. The third-order valence-corrected chi connectivity index (χ3v) is 4.55. The van der Waals surface area contributed by atoms with Gasteiger partial charge >= 0.3 is 11.6 Å². The van der Waals surface area contributed by atoms with E-state index in [1.807, 2.05) is 19.9 Å². The number of aliphatic carboxylic acids is 1. The number of amides is 1. The molecule has 7 heteroatoms. The van der Waals surface area contributed by atoms with Crippen molar-refractivity contribution in [3.05, 3.63) is 39.7 Å². The number of benzene rings is 1. The van der Waals surface area contributed by atoms with E-state index < -0.39 is 23.5 Å². The summed E-state index contributed by atoms with van der Waals surface area (Å²) in [6.45, 7) is 5.43. The lowest BCUT2D eigenvalue weighted by Gasteiger charge is -2.15. The van der Waals surface area contributed by atoms with E-state index in [0.717, 1.165) is 30.2 Å². The molecule has 1 aromatic carbocycles. The van der Waals surface area contributed by atoms with Crippen molar-refractivity contribution < 1.29 is 23.8 Å². The van der Waals surface area contributed by atoms with Crippen molar-refractivity contribution in [1.29, 1.82) is 0 Å². The molecule has 0 aliphatic heterocycles. The highest BCUT2D eigenvalue weighted by molar-refractivity contribution is 5.86. The Morgan fingerprint density at radius 1 is 1.25 bits per heavy atom. The fraction of sp³-hybridized carbons (Fsp3) is 0.476. The Kier molecular flexibility index (Phi) is 7.61. The SMILES string of the molecule is CCCC[C@@H](NC(=O)COc1ccc2c(CCC)cc(=O)oc2c1C)C(=O)O. The summed E-state index contributed by atoms with van der Waals surface area (Å²) >= 11 is 0. The minimum atomic E-state index is -1.06. The van der Waals surface area contributed by atoms with Crippen LogP contribution < -0.4 is 15.7 Å². The van der Waals surface area contributed by atoms with Crippen molar-refractivity contribution in [1.82, 2.24) is 5.32 Å². The van der Waals surface area contributed by atoms with Gasteiger partial charge in [-0.1, -0.05) is 33.1 Å². The zero-order chi connectivity index (χ0) is 20.7. The van der Waals surface area contributed by atoms with E-state index in [4.69, 9.17) is 9.15 Å². The average molecular weight is 389 g/mol. The molecule has 7 nitrogen and oxygen atoms in total. The molecule has 1 amide bonds. The standard InChI is InChI=1S/C21H27NO6/c1-4-6-8-16(21(25)26)22-18(23)12-27-17-10-9-15-14(7-5-2)11-19(24)28-20(15)13(17)3/h9-11,16H,4-8,12H2,1-3H3,(H,22,23)(H,25,26)/t16-/m1/s1. The van der Waals surface area contributed by atoms with Gasteiger partial charge in [-0.05, 0) is 37.5 Å². The molecular weight excluding hydrogens is 362 g/mol. The van der Waals surface area contributed by atoms with E-state index in [1.165, 1.54) is 6.07 Å². The molecule has 2 N–H and O–H groups in total. The number of carboxylic acids is 1. The highest BCUT2D eigenvalue weighted by Gasteiger charge is 2.20. The molecule has 0 fully saturated rings. The Balaban J connectivity index is 2.14. The zero-order valence-corrected chi connectivity index (χ0v) is 16.5. The third-order valence-electron chi connectivity index (χ3n) is 4.55. The normalized spacial score (nSPS) is 12.0. The van der Waals surface area contributed by atoms with E-state index in [0.29, 0.717) is 29.7 Å². The minimum absolute atomic E-state index is 0.318. The Bertz CT molecular complexity index is 902. The molecule has 0 spiro atoms. The smallest absolute Gasteiger partial charge is 0.336 e. The molecule has 0 saturated heterocycles. The second-order valence-corrected chi connectivity index (χ2v) is 6.80. The van der Waals surface area contributed by atoms with Gasteiger partial charge in [-0.25, -0.2) is 9.59 Å². The summed E-state index contributed by atoms with van der Waals surface area (Å²) in [5.41, 5.74) is 1.57. The zero-order valence-electron chi connectivity index (χ0n) is 16.5. The van der Waals surface area contributed by atoms with Crippen LogP contribution in [0, 0.1) is 6.92 Å². The molecule has 0 aliphatic carbocycles. The molecule has 0 unspecified atom stereocenters. The fourth-order valence-electron chi connectivity index (χ4n) is 3.09. The van der Waals surface area contributed by atoms with E-state index in [1.54, 1.807) is 13.0 Å². The highest BCUT2D eigenvalue weighted by Crippen LogP contribution is 2.28. The molecule has 0 saturated carbocycles. The molecule has 1 aromatic heterocycles. The number of nitrogens with one attached hydrogen (secondary N) is 1. The number of carbonyl (C=O) groups is 2. The number of carboxylic acid groups (broad SMARTS) is 1. The molecule has 0 aliphatic rings. The van der Waals surface area contributed by atoms with E-state index >= 15 is 0 Å². The summed E-state index contributed by atoms with van der Waals surface area (Å²) in [7, 11) is 0. The first-order valence-corrected chi connectivity index (χ1v) is 9.58. The number of rotatable bonds is 10. The number of ether oxygens (including phenoxy) is 1. The average Bonchev–Trinajstić information content (AvgIpc) is 2.65. The number of unbranched alkanes of at least 4 members (excludes halogenated alkanes) is 1. The van der Waals surface area contributed by atoms with Crippen molar-refractivity contribution in [2.24, 2.45) is 0 Å². The van der Waals surface area contributed by atoms with Crippen molar-refractivity contribution in [2.45, 2.75) is 58.9 Å². The van der Waals surface area contributed by atoms with Crippen LogP contribution in [-0.4, -0.2) is 29.6 Å². The number of hydrogen-bond donors (Lipinski definition) is 2. The van der Waals surface area contributed by atoms with Gasteiger partial charge in [0.25, 0.3) is 5.91 Å². The second kappa shape index (κ2) is 9.92. The van der Waals surface area contributed by atoms with E-state index in [-0.39, 0.29) is 6.61 Å². The van der Waals surface area contributed by atoms with Crippen molar-refractivity contribution in [3.8, 4) is 5.75 Å². The third kappa shape index (κ3) is 5.34. The van der Waals surface area contributed by atoms with Crippen LogP contribution in [0.5, 0.6) is 5.75 Å². The van der Waals surface area contributed by atoms with Gasteiger partial charge in [0.05, 0.1) is 0 Å². The van der Waals surface area contributed by atoms with Crippen molar-refractivity contribution >= 4 is 22.8 Å². The second-order valence-electron chi connectivity index (χ2n) is 6.80. The lowest BCUT2D eigenvalue weighted by Crippen LogP contribution is -2.42. The molecule has 0 bridgehead atoms. The Morgan fingerprint density at radius 2 is 2.00 bits per heavy atom. The molecule has 2 rings (SSSR count). The van der Waals surface area contributed by atoms with E-state index in [9.17, 15) is 19.5 Å². The molecule has 1 atom stereocenters. The maximum Gasteiger partial charge on any atom is 0.336 e. The number of aryl methyl sites for hydroxylation is 2. The van der Waals surface area contributed by atoms with Gasteiger partial charge in [-0.3, -0.25) is 4.79 Å². The fourth-order valence-corrected chi connectivity index (χ4v) is 3.09. The maximum atomic E-state index is 12.1. The molecule has 28 heavy (non-hydrogen) atoms. The predicted octanol–water partition coefficient (Wildman–Crippen LogP) is 3.19. The largest absolute Gasteiger partial charge is 0.483 e. The lowest BCUT2D eigenvalue weighted by molar-refractivity contribution is -0.142. The van der Waals surface area contributed by atoms with Crippen LogP contribution in [-0.2, 0) is 16.0 Å². The van der Waals surface area contributed by atoms with Gasteiger partial charge in [0.1, 0.15) is 17.4 Å². The summed E-state index contributed by atoms with van der Waals surface area (Å²) in [6, 6.07) is 4.12. The maximum absolute atomic E-state index is 12.1. The van der Waals surface area contributed by atoms with Gasteiger partial charge in [0, 0.05) is 17.0 Å².